The van der Waals surface area contributed by atoms with Crippen LogP contribution in [-0.2, 0) is 9.53 Å². The van der Waals surface area contributed by atoms with Crippen LogP contribution in [0.3, 0.4) is 0 Å². The summed E-state index contributed by atoms with van der Waals surface area (Å²) >= 11 is 0. The topological polar surface area (TPSA) is 52.3 Å². The summed E-state index contributed by atoms with van der Waals surface area (Å²) < 4.78 is 4.72. The summed E-state index contributed by atoms with van der Waals surface area (Å²) in [7, 11) is 1.41. The van der Waals surface area contributed by atoms with E-state index < -0.39 is 5.54 Å². The molecule has 3 nitrogen and oxygen atoms in total. The number of ether oxygens (including phenoxy) is 1. The first kappa shape index (κ1) is 8.05. The Hall–Kier alpha value is -0.570. The number of fused-ring (bicyclic) bond motifs is 1. The molecule has 2 bridgehead atoms. The number of esters is 1. The number of nitrogens with two attached hydrogens (primary N) is 1. The van der Waals surface area contributed by atoms with Gasteiger partial charge in [0.25, 0.3) is 0 Å². The van der Waals surface area contributed by atoms with E-state index in [4.69, 9.17) is 10.5 Å². The quantitative estimate of drug-likeness (QED) is 0.583. The Labute approximate surface area is 72.3 Å². The first-order chi connectivity index (χ1) is 5.59. The second-order valence-corrected chi connectivity index (χ2v) is 4.20. The van der Waals surface area contributed by atoms with Crippen LogP contribution in [0, 0.1) is 17.8 Å². The molecule has 3 aliphatic carbocycles. The smallest absolute Gasteiger partial charge is 0.326 e. The number of hydrogen-bond acceptors (Lipinski definition) is 3. The summed E-state index contributed by atoms with van der Waals surface area (Å²) in [5.41, 5.74) is 5.36. The lowest BCUT2D eigenvalue weighted by Gasteiger charge is -2.36. The van der Waals surface area contributed by atoms with Crippen LogP contribution in [0.2, 0.25) is 0 Å². The minimum atomic E-state index is -0.654. The zero-order valence-electron chi connectivity index (χ0n) is 7.54. The van der Waals surface area contributed by atoms with Crippen LogP contribution >= 0.6 is 0 Å². The third-order valence-corrected chi connectivity index (χ3v) is 3.76. The van der Waals surface area contributed by atoms with E-state index in [0.717, 1.165) is 12.8 Å². The Bertz CT molecular complexity index is 229. The normalized spacial score (nSPS) is 50.1. The molecule has 12 heavy (non-hydrogen) atoms. The first-order valence-electron chi connectivity index (χ1n) is 4.47. The van der Waals surface area contributed by atoms with Crippen LogP contribution < -0.4 is 5.73 Å². The molecule has 0 radical (unpaired) electrons. The molecule has 3 aliphatic rings. The van der Waals surface area contributed by atoms with Gasteiger partial charge in [-0.3, -0.25) is 4.79 Å². The molecule has 68 valence electrons. The molecule has 0 aliphatic heterocycles. The van der Waals surface area contributed by atoms with E-state index in [9.17, 15) is 4.79 Å². The molecule has 0 heterocycles. The maximum absolute atomic E-state index is 11.4. The number of methoxy groups -OCH3 is 1. The lowest BCUT2D eigenvalue weighted by molar-refractivity contribution is -0.148. The predicted octanol–water partition coefficient (Wildman–Crippen LogP) is 0.533. The Morgan fingerprint density at radius 1 is 1.67 bits per heavy atom. The average Bonchev–Trinajstić information content (AvgIpc) is 2.54. The van der Waals surface area contributed by atoms with E-state index in [1.165, 1.54) is 7.11 Å². The zero-order valence-corrected chi connectivity index (χ0v) is 7.54. The Morgan fingerprint density at radius 3 is 2.67 bits per heavy atom. The average molecular weight is 169 g/mol. The molecular weight excluding hydrogens is 154 g/mol. The molecule has 0 saturated heterocycles. The Balaban J connectivity index is 2.19. The van der Waals surface area contributed by atoms with Gasteiger partial charge in [0.2, 0.25) is 0 Å². The molecule has 3 rings (SSSR count). The predicted molar refractivity (Wildman–Crippen MR) is 44.3 cm³/mol. The molecule has 0 aromatic rings. The van der Waals surface area contributed by atoms with Crippen LogP contribution in [0.15, 0.2) is 0 Å². The number of carbonyl (C=O) groups is 1. The van der Waals surface area contributed by atoms with E-state index >= 15 is 0 Å². The summed E-state index contributed by atoms with van der Waals surface area (Å²) in [4.78, 5) is 11.4. The van der Waals surface area contributed by atoms with Crippen molar-refractivity contribution in [2.45, 2.75) is 25.3 Å². The summed E-state index contributed by atoms with van der Waals surface area (Å²) in [5, 5.41) is 0. The van der Waals surface area contributed by atoms with Crippen molar-refractivity contribution in [3.8, 4) is 0 Å². The molecule has 3 fully saturated rings. The SMILES string of the molecule is COC(=O)C1(N)CC2CC1C2C. The van der Waals surface area contributed by atoms with Gasteiger partial charge in [-0.2, -0.15) is 0 Å². The minimum absolute atomic E-state index is 0.223. The van der Waals surface area contributed by atoms with Crippen molar-refractivity contribution >= 4 is 5.97 Å². The summed E-state index contributed by atoms with van der Waals surface area (Å²) in [5.74, 6) is 1.43. The van der Waals surface area contributed by atoms with Gasteiger partial charge in [-0.15, -0.1) is 0 Å². The van der Waals surface area contributed by atoms with Gasteiger partial charge >= 0.3 is 5.97 Å². The monoisotopic (exact) mass is 169 g/mol. The minimum Gasteiger partial charge on any atom is -0.468 e. The number of carbonyl (C=O) groups excluding carboxylic acids is 1. The van der Waals surface area contributed by atoms with Gasteiger partial charge in [-0.25, -0.2) is 0 Å². The fourth-order valence-corrected chi connectivity index (χ4v) is 2.85. The van der Waals surface area contributed by atoms with Gasteiger partial charge in [0, 0.05) is 0 Å². The third-order valence-electron chi connectivity index (χ3n) is 3.76. The maximum Gasteiger partial charge on any atom is 0.326 e. The lowest BCUT2D eigenvalue weighted by Crippen LogP contribution is -2.52. The zero-order chi connectivity index (χ0) is 8.93. The van der Waals surface area contributed by atoms with E-state index in [0.29, 0.717) is 17.8 Å². The van der Waals surface area contributed by atoms with Crippen molar-refractivity contribution in [3.05, 3.63) is 0 Å². The molecule has 0 amide bonds. The van der Waals surface area contributed by atoms with Crippen molar-refractivity contribution < 1.29 is 9.53 Å². The molecule has 3 saturated carbocycles. The molecule has 0 spiro atoms. The van der Waals surface area contributed by atoms with Gasteiger partial charge in [-0.1, -0.05) is 6.92 Å². The van der Waals surface area contributed by atoms with Crippen LogP contribution in [0.5, 0.6) is 0 Å². The Kier molecular flexibility index (Phi) is 1.49. The molecule has 0 aromatic heterocycles. The highest BCUT2D eigenvalue weighted by molar-refractivity contribution is 5.82. The van der Waals surface area contributed by atoms with Gasteiger partial charge in [-0.05, 0) is 30.6 Å². The fourth-order valence-electron chi connectivity index (χ4n) is 2.85. The standard InChI is InChI=1S/C9H15NO2/c1-5-6-3-7(5)9(10,4-6)8(11)12-2/h5-7H,3-4,10H2,1-2H3. The van der Waals surface area contributed by atoms with Crippen molar-refractivity contribution in [1.29, 1.82) is 0 Å². The van der Waals surface area contributed by atoms with Crippen molar-refractivity contribution in [1.82, 2.24) is 0 Å². The summed E-state index contributed by atoms with van der Waals surface area (Å²) in [6.45, 7) is 2.18. The highest BCUT2D eigenvalue weighted by Crippen LogP contribution is 2.57. The lowest BCUT2D eigenvalue weighted by atomic mass is 9.71. The molecule has 0 aromatic carbocycles. The molecule has 2 N–H and O–H groups in total. The second-order valence-electron chi connectivity index (χ2n) is 4.20. The van der Waals surface area contributed by atoms with Gasteiger partial charge < -0.3 is 10.5 Å². The third kappa shape index (κ3) is 0.724. The highest BCUT2D eigenvalue weighted by Gasteiger charge is 2.62. The fraction of sp³-hybridized carbons (Fsp3) is 0.889. The van der Waals surface area contributed by atoms with Crippen LogP contribution in [0.4, 0.5) is 0 Å². The van der Waals surface area contributed by atoms with E-state index in [2.05, 4.69) is 6.92 Å². The van der Waals surface area contributed by atoms with Crippen molar-refractivity contribution in [2.24, 2.45) is 23.5 Å². The molecular formula is C9H15NO2. The van der Waals surface area contributed by atoms with Gasteiger partial charge in [0.1, 0.15) is 5.54 Å². The second kappa shape index (κ2) is 2.22. The van der Waals surface area contributed by atoms with Crippen LogP contribution in [-0.4, -0.2) is 18.6 Å². The van der Waals surface area contributed by atoms with E-state index in [1.807, 2.05) is 0 Å². The highest BCUT2D eigenvalue weighted by atomic mass is 16.5. The number of rotatable bonds is 1. The molecule has 3 heteroatoms. The summed E-state index contributed by atoms with van der Waals surface area (Å²) in [6, 6.07) is 0. The van der Waals surface area contributed by atoms with Crippen molar-refractivity contribution in [2.75, 3.05) is 7.11 Å². The largest absolute Gasteiger partial charge is 0.468 e. The number of hydrogen-bond donors (Lipinski definition) is 1. The maximum atomic E-state index is 11.4. The van der Waals surface area contributed by atoms with Crippen LogP contribution in [0.25, 0.3) is 0 Å². The van der Waals surface area contributed by atoms with Crippen molar-refractivity contribution in [3.63, 3.8) is 0 Å². The van der Waals surface area contributed by atoms with Gasteiger partial charge in [0.15, 0.2) is 0 Å². The first-order valence-corrected chi connectivity index (χ1v) is 4.47. The molecule has 4 unspecified atom stereocenters. The van der Waals surface area contributed by atoms with E-state index in [-0.39, 0.29) is 5.97 Å². The van der Waals surface area contributed by atoms with E-state index in [1.54, 1.807) is 0 Å². The summed E-state index contributed by atoms with van der Waals surface area (Å²) in [6.07, 6.45) is 1.94. The molecule has 4 atom stereocenters. The van der Waals surface area contributed by atoms with Gasteiger partial charge in [0.05, 0.1) is 7.11 Å². The van der Waals surface area contributed by atoms with Crippen LogP contribution in [0.1, 0.15) is 19.8 Å². The Morgan fingerprint density at radius 2 is 2.33 bits per heavy atom.